The van der Waals surface area contributed by atoms with Gasteiger partial charge in [0, 0.05) is 20.1 Å². The lowest BCUT2D eigenvalue weighted by atomic mass is 10.1. The van der Waals surface area contributed by atoms with Crippen molar-refractivity contribution in [3.8, 4) is 11.5 Å². The second-order valence-electron chi connectivity index (χ2n) is 5.86. The number of aryl methyl sites for hydroxylation is 1. The Hall–Kier alpha value is -2.03. The van der Waals surface area contributed by atoms with Gasteiger partial charge < -0.3 is 20.1 Å². The predicted octanol–water partition coefficient (Wildman–Crippen LogP) is 3.68. The third-order valence-corrected chi connectivity index (χ3v) is 4.08. The third kappa shape index (κ3) is 6.89. The van der Waals surface area contributed by atoms with E-state index in [4.69, 9.17) is 9.47 Å². The van der Waals surface area contributed by atoms with Gasteiger partial charge in [-0.1, -0.05) is 12.1 Å². The summed E-state index contributed by atoms with van der Waals surface area (Å²) in [5.74, 6) is 2.13. The fourth-order valence-electron chi connectivity index (χ4n) is 2.62. The van der Waals surface area contributed by atoms with Crippen LogP contribution in [0.15, 0.2) is 41.4 Å². The van der Waals surface area contributed by atoms with E-state index < -0.39 is 0 Å². The molecule has 0 aliphatic heterocycles. The minimum absolute atomic E-state index is 0. The molecule has 0 aromatic heterocycles. The number of methoxy groups -OCH3 is 2. The highest BCUT2D eigenvalue weighted by atomic mass is 127. The van der Waals surface area contributed by atoms with Crippen molar-refractivity contribution >= 4 is 29.9 Å². The zero-order chi connectivity index (χ0) is 18.9. The normalized spacial score (nSPS) is 10.8. The Morgan fingerprint density at radius 3 is 2.48 bits per heavy atom. The molecule has 2 aromatic rings. The average Bonchev–Trinajstić information content (AvgIpc) is 2.66. The van der Waals surface area contributed by atoms with Crippen LogP contribution < -0.4 is 20.1 Å². The number of hydrogen-bond acceptors (Lipinski definition) is 3. The van der Waals surface area contributed by atoms with E-state index in [0.717, 1.165) is 29.0 Å². The first kappa shape index (κ1) is 23.0. The van der Waals surface area contributed by atoms with E-state index >= 15 is 0 Å². The van der Waals surface area contributed by atoms with Crippen molar-refractivity contribution in [3.05, 3.63) is 58.9 Å². The number of aliphatic imine (C=N–C) groups is 1. The Labute approximate surface area is 177 Å². The number of rotatable bonds is 7. The van der Waals surface area contributed by atoms with Crippen LogP contribution in [0.25, 0.3) is 0 Å². The van der Waals surface area contributed by atoms with Crippen LogP contribution in [0, 0.1) is 12.7 Å². The number of benzene rings is 2. The van der Waals surface area contributed by atoms with Crippen LogP contribution >= 0.6 is 24.0 Å². The summed E-state index contributed by atoms with van der Waals surface area (Å²) in [6.07, 6.45) is 0.761. The first-order valence-electron chi connectivity index (χ1n) is 8.47. The van der Waals surface area contributed by atoms with Gasteiger partial charge in [-0.15, -0.1) is 24.0 Å². The molecule has 148 valence electrons. The van der Waals surface area contributed by atoms with E-state index in [1.165, 1.54) is 6.07 Å². The van der Waals surface area contributed by atoms with E-state index in [-0.39, 0.29) is 29.8 Å². The summed E-state index contributed by atoms with van der Waals surface area (Å²) in [5.41, 5.74) is 2.70. The Bertz CT molecular complexity index is 769. The highest BCUT2D eigenvalue weighted by molar-refractivity contribution is 14.0. The van der Waals surface area contributed by atoms with E-state index in [2.05, 4.69) is 15.6 Å². The molecule has 27 heavy (non-hydrogen) atoms. The number of hydrogen-bond donors (Lipinski definition) is 2. The smallest absolute Gasteiger partial charge is 0.191 e. The molecule has 2 N–H and O–H groups in total. The number of halogens is 2. The molecule has 0 bridgehead atoms. The van der Waals surface area contributed by atoms with Crippen LogP contribution in [-0.4, -0.2) is 33.8 Å². The molecule has 7 heteroatoms. The zero-order valence-electron chi connectivity index (χ0n) is 16.1. The molecule has 2 rings (SSSR count). The summed E-state index contributed by atoms with van der Waals surface area (Å²) in [6.45, 7) is 3.02. The van der Waals surface area contributed by atoms with Crippen molar-refractivity contribution in [2.75, 3.05) is 27.8 Å². The SMILES string of the molecule is CN=C(NCCc1cc(OC)ccc1OC)NCc1ccc(F)c(C)c1.I. The quantitative estimate of drug-likeness (QED) is 0.356. The van der Waals surface area contributed by atoms with Crippen LogP contribution in [0.3, 0.4) is 0 Å². The Morgan fingerprint density at radius 1 is 1.07 bits per heavy atom. The summed E-state index contributed by atoms with van der Waals surface area (Å²) < 4.78 is 24.0. The second kappa shape index (κ2) is 11.6. The summed E-state index contributed by atoms with van der Waals surface area (Å²) in [6, 6.07) is 10.8. The molecular formula is C20H27FIN3O2. The monoisotopic (exact) mass is 487 g/mol. The number of nitrogens with zero attached hydrogens (tertiary/aromatic N) is 1. The first-order valence-corrected chi connectivity index (χ1v) is 8.47. The van der Waals surface area contributed by atoms with Crippen molar-refractivity contribution in [2.45, 2.75) is 19.9 Å². The van der Waals surface area contributed by atoms with Crippen LogP contribution in [0.1, 0.15) is 16.7 Å². The molecule has 5 nitrogen and oxygen atoms in total. The fraction of sp³-hybridized carbons (Fsp3) is 0.350. The van der Waals surface area contributed by atoms with Gasteiger partial charge in [-0.2, -0.15) is 0 Å². The molecule has 0 aliphatic rings. The van der Waals surface area contributed by atoms with Gasteiger partial charge in [0.15, 0.2) is 5.96 Å². The second-order valence-corrected chi connectivity index (χ2v) is 5.86. The highest BCUT2D eigenvalue weighted by Crippen LogP contribution is 2.24. The van der Waals surface area contributed by atoms with Crippen LogP contribution in [-0.2, 0) is 13.0 Å². The van der Waals surface area contributed by atoms with Gasteiger partial charge in [-0.3, -0.25) is 4.99 Å². The lowest BCUT2D eigenvalue weighted by Crippen LogP contribution is -2.37. The van der Waals surface area contributed by atoms with E-state index in [1.807, 2.05) is 24.3 Å². The first-order chi connectivity index (χ1) is 12.6. The van der Waals surface area contributed by atoms with Crippen molar-refractivity contribution in [1.82, 2.24) is 10.6 Å². The molecule has 0 saturated carbocycles. The third-order valence-electron chi connectivity index (χ3n) is 4.08. The van der Waals surface area contributed by atoms with Crippen LogP contribution in [0.5, 0.6) is 11.5 Å². The summed E-state index contributed by atoms with van der Waals surface area (Å²) in [5, 5.41) is 6.50. The molecule has 0 radical (unpaired) electrons. The fourth-order valence-corrected chi connectivity index (χ4v) is 2.62. The minimum atomic E-state index is -0.191. The Morgan fingerprint density at radius 2 is 1.85 bits per heavy atom. The predicted molar refractivity (Wildman–Crippen MR) is 118 cm³/mol. The van der Waals surface area contributed by atoms with Crippen molar-refractivity contribution in [3.63, 3.8) is 0 Å². The molecule has 0 fully saturated rings. The van der Waals surface area contributed by atoms with E-state index in [9.17, 15) is 4.39 Å². The Balaban J connectivity index is 0.00000364. The van der Waals surface area contributed by atoms with Crippen molar-refractivity contribution in [1.29, 1.82) is 0 Å². The molecule has 0 heterocycles. The molecular weight excluding hydrogens is 460 g/mol. The summed E-state index contributed by atoms with van der Waals surface area (Å²) in [7, 11) is 5.02. The number of ether oxygens (including phenoxy) is 2. The lowest BCUT2D eigenvalue weighted by molar-refractivity contribution is 0.398. The van der Waals surface area contributed by atoms with Gasteiger partial charge in [-0.05, 0) is 54.3 Å². The molecule has 0 spiro atoms. The van der Waals surface area contributed by atoms with Crippen LogP contribution in [0.2, 0.25) is 0 Å². The maximum absolute atomic E-state index is 13.3. The van der Waals surface area contributed by atoms with Crippen LogP contribution in [0.4, 0.5) is 4.39 Å². The molecule has 2 aromatic carbocycles. The standard InChI is InChI=1S/C20H26FN3O2.HI/c1-14-11-15(5-7-18(14)21)13-24-20(22-2)23-10-9-16-12-17(25-3)6-8-19(16)26-4;/h5-8,11-12H,9-10,13H2,1-4H3,(H2,22,23,24);1H. The highest BCUT2D eigenvalue weighted by Gasteiger charge is 2.06. The Kier molecular flexibility index (Phi) is 9.92. The summed E-state index contributed by atoms with van der Waals surface area (Å²) in [4.78, 5) is 4.22. The molecule has 0 aliphatic carbocycles. The zero-order valence-corrected chi connectivity index (χ0v) is 18.5. The maximum atomic E-state index is 13.3. The number of guanidine groups is 1. The molecule has 0 unspecified atom stereocenters. The van der Waals surface area contributed by atoms with E-state index in [0.29, 0.717) is 24.6 Å². The molecule has 0 saturated heterocycles. The summed E-state index contributed by atoms with van der Waals surface area (Å²) >= 11 is 0. The maximum Gasteiger partial charge on any atom is 0.191 e. The van der Waals surface area contributed by atoms with Gasteiger partial charge in [0.1, 0.15) is 17.3 Å². The topological polar surface area (TPSA) is 54.9 Å². The molecule has 0 atom stereocenters. The van der Waals surface area contributed by atoms with Gasteiger partial charge in [-0.25, -0.2) is 4.39 Å². The van der Waals surface area contributed by atoms with Gasteiger partial charge in [0.25, 0.3) is 0 Å². The van der Waals surface area contributed by atoms with Gasteiger partial charge in [0.2, 0.25) is 0 Å². The number of nitrogens with one attached hydrogen (secondary N) is 2. The van der Waals surface area contributed by atoms with E-state index in [1.54, 1.807) is 34.3 Å². The van der Waals surface area contributed by atoms with Crippen molar-refractivity contribution < 1.29 is 13.9 Å². The minimum Gasteiger partial charge on any atom is -0.497 e. The van der Waals surface area contributed by atoms with Gasteiger partial charge in [0.05, 0.1) is 14.2 Å². The average molecular weight is 487 g/mol. The van der Waals surface area contributed by atoms with Gasteiger partial charge >= 0.3 is 0 Å². The molecule has 0 amide bonds. The largest absolute Gasteiger partial charge is 0.497 e. The van der Waals surface area contributed by atoms with Crippen molar-refractivity contribution in [2.24, 2.45) is 4.99 Å². The lowest BCUT2D eigenvalue weighted by Gasteiger charge is -2.14.